The third-order valence-electron chi connectivity index (χ3n) is 3.11. The lowest BCUT2D eigenvalue weighted by molar-refractivity contribution is 0.304. The normalized spacial score (nSPS) is 13.3. The fourth-order valence-electron chi connectivity index (χ4n) is 2.28. The lowest BCUT2D eigenvalue weighted by Crippen LogP contribution is -2.79. The van der Waals surface area contributed by atoms with Crippen LogP contribution in [0.4, 0.5) is 0 Å². The van der Waals surface area contributed by atoms with Crippen molar-refractivity contribution < 1.29 is 0 Å². The molecule has 0 atom stereocenters. The van der Waals surface area contributed by atoms with Gasteiger partial charge in [-0.1, -0.05) is 51.1 Å². The minimum atomic E-state index is -2.15. The van der Waals surface area contributed by atoms with Gasteiger partial charge in [-0.25, -0.2) is 0 Å². The smallest absolute Gasteiger partial charge is 0.257 e. The van der Waals surface area contributed by atoms with Crippen LogP contribution in [0.1, 0.15) is 20.8 Å². The van der Waals surface area contributed by atoms with Crippen molar-refractivity contribution in [1.82, 2.24) is 20.2 Å². The third kappa shape index (κ3) is 3.87. The van der Waals surface area contributed by atoms with Crippen molar-refractivity contribution in [1.29, 1.82) is 0 Å². The Balaban J connectivity index is 3.34. The number of nitrogens with zero attached hydrogens (tertiary/aromatic N) is 2. The van der Waals surface area contributed by atoms with Crippen LogP contribution in [-0.4, -0.2) is 46.6 Å². The summed E-state index contributed by atoms with van der Waals surface area (Å²) in [5, 5.41) is 13.0. The largest absolute Gasteiger partial charge is 0.267 e. The van der Waals surface area contributed by atoms with E-state index in [1.165, 1.54) is 5.19 Å². The molecule has 19 heavy (non-hydrogen) atoms. The quantitative estimate of drug-likeness (QED) is 0.628. The first-order chi connectivity index (χ1) is 8.69. The average Bonchev–Trinajstić information content (AvgIpc) is 2.26. The first-order valence-electron chi connectivity index (χ1n) is 6.65. The molecule has 0 saturated heterocycles. The van der Waals surface area contributed by atoms with Gasteiger partial charge in [0.05, 0.1) is 0 Å². The molecule has 0 radical (unpaired) electrons. The molecule has 0 aromatic heterocycles. The lowest BCUT2D eigenvalue weighted by Gasteiger charge is -2.46. The van der Waals surface area contributed by atoms with Crippen LogP contribution in [0.25, 0.3) is 0 Å². The van der Waals surface area contributed by atoms with Gasteiger partial charge in [-0.2, -0.15) is 0 Å². The van der Waals surface area contributed by atoms with Gasteiger partial charge in [0.2, 0.25) is 0 Å². The Bertz CT molecular complexity index is 374. The zero-order chi connectivity index (χ0) is 14.7. The maximum Gasteiger partial charge on any atom is 0.267 e. The van der Waals surface area contributed by atoms with Crippen LogP contribution in [0.2, 0.25) is 5.04 Å². The maximum atomic E-state index is 3.70. The van der Waals surface area contributed by atoms with E-state index in [0.717, 1.165) is 0 Å². The van der Waals surface area contributed by atoms with Gasteiger partial charge < -0.3 is 0 Å². The summed E-state index contributed by atoms with van der Waals surface area (Å²) < 4.78 is 0. The summed E-state index contributed by atoms with van der Waals surface area (Å²) in [5.41, 5.74) is 0. The Morgan fingerprint density at radius 1 is 0.842 bits per heavy atom. The van der Waals surface area contributed by atoms with Gasteiger partial charge in [-0.05, 0) is 10.2 Å². The number of hydrazine groups is 2. The highest BCUT2D eigenvalue weighted by Crippen LogP contribution is 2.32. The number of rotatable bonds is 5. The molecule has 0 fully saturated rings. The second kappa shape index (κ2) is 6.15. The van der Waals surface area contributed by atoms with E-state index in [2.05, 4.69) is 71.3 Å². The van der Waals surface area contributed by atoms with Crippen molar-refractivity contribution in [2.75, 3.05) is 28.2 Å². The maximum absolute atomic E-state index is 3.70. The average molecular weight is 280 g/mol. The van der Waals surface area contributed by atoms with E-state index in [-0.39, 0.29) is 5.04 Å². The molecule has 0 spiro atoms. The second-order valence-electron chi connectivity index (χ2n) is 6.38. The Kier molecular flexibility index (Phi) is 5.29. The summed E-state index contributed by atoms with van der Waals surface area (Å²) in [5.74, 6) is 0. The van der Waals surface area contributed by atoms with Gasteiger partial charge in [-0.15, -0.1) is 0 Å². The van der Waals surface area contributed by atoms with Crippen molar-refractivity contribution in [2.45, 2.75) is 25.8 Å². The van der Waals surface area contributed by atoms with Gasteiger partial charge in [0, 0.05) is 28.2 Å². The number of hydrogen-bond acceptors (Lipinski definition) is 4. The first kappa shape index (κ1) is 16.3. The molecule has 0 aliphatic heterocycles. The zero-order valence-corrected chi connectivity index (χ0v) is 14.3. The number of nitrogens with one attached hydrogen (secondary N) is 2. The molecule has 0 saturated carbocycles. The van der Waals surface area contributed by atoms with E-state index in [4.69, 9.17) is 0 Å². The van der Waals surface area contributed by atoms with Crippen molar-refractivity contribution in [3.05, 3.63) is 30.3 Å². The van der Waals surface area contributed by atoms with Crippen LogP contribution >= 0.6 is 0 Å². The van der Waals surface area contributed by atoms with E-state index in [9.17, 15) is 0 Å². The molecule has 0 unspecified atom stereocenters. The highest BCUT2D eigenvalue weighted by Gasteiger charge is 2.48. The summed E-state index contributed by atoms with van der Waals surface area (Å²) in [4.78, 5) is 0. The van der Waals surface area contributed by atoms with Gasteiger partial charge >= 0.3 is 0 Å². The molecule has 0 heterocycles. The molecule has 0 aliphatic rings. The molecule has 4 nitrogen and oxygen atoms in total. The minimum absolute atomic E-state index is 0.114. The van der Waals surface area contributed by atoms with Gasteiger partial charge in [0.25, 0.3) is 8.40 Å². The zero-order valence-electron chi connectivity index (χ0n) is 13.3. The Hall–Kier alpha value is -0.723. The molecular formula is C14H28N4Si. The highest BCUT2D eigenvalue weighted by atomic mass is 28.3. The fourth-order valence-corrected chi connectivity index (χ4v) is 6.16. The van der Waals surface area contributed by atoms with E-state index in [1.54, 1.807) is 0 Å². The molecule has 2 N–H and O–H groups in total. The lowest BCUT2D eigenvalue weighted by atomic mass is 10.2. The third-order valence-corrected chi connectivity index (χ3v) is 8.13. The summed E-state index contributed by atoms with van der Waals surface area (Å²) in [6.45, 7) is 6.87. The molecule has 0 aliphatic carbocycles. The van der Waals surface area contributed by atoms with E-state index >= 15 is 0 Å². The predicted octanol–water partition coefficient (Wildman–Crippen LogP) is 1.27. The van der Waals surface area contributed by atoms with E-state index in [1.807, 2.05) is 28.2 Å². The topological polar surface area (TPSA) is 30.5 Å². The fraction of sp³-hybridized carbons (Fsp3) is 0.571. The molecule has 1 aromatic rings. The van der Waals surface area contributed by atoms with Crippen molar-refractivity contribution in [2.24, 2.45) is 0 Å². The van der Waals surface area contributed by atoms with E-state index < -0.39 is 8.40 Å². The van der Waals surface area contributed by atoms with Crippen LogP contribution in [-0.2, 0) is 0 Å². The number of benzene rings is 1. The summed E-state index contributed by atoms with van der Waals surface area (Å²) in [6.07, 6.45) is 0. The van der Waals surface area contributed by atoms with Gasteiger partial charge in [-0.3, -0.25) is 20.2 Å². The molecular weight excluding hydrogens is 252 g/mol. The Labute approximate surface area is 118 Å². The van der Waals surface area contributed by atoms with Crippen molar-refractivity contribution in [3.63, 3.8) is 0 Å². The summed E-state index contributed by atoms with van der Waals surface area (Å²) in [6, 6.07) is 10.7. The first-order valence-corrected chi connectivity index (χ1v) is 8.65. The van der Waals surface area contributed by atoms with Crippen LogP contribution in [0.15, 0.2) is 30.3 Å². The minimum Gasteiger partial charge on any atom is -0.257 e. The SMILES string of the molecule is CN(C)N[Si](NN(C)C)(c1ccccc1)C(C)(C)C. The molecule has 1 rings (SSSR count). The van der Waals surface area contributed by atoms with Crippen LogP contribution < -0.4 is 15.4 Å². The standard InChI is InChI=1S/C14H28N4Si/c1-14(2,3)19(15-17(4)5,16-18(6)7)13-11-9-8-10-12-13/h8-12,15-16H,1-7H3. The molecule has 0 bridgehead atoms. The van der Waals surface area contributed by atoms with Crippen LogP contribution in [0.5, 0.6) is 0 Å². The van der Waals surface area contributed by atoms with Gasteiger partial charge in [0.1, 0.15) is 0 Å². The Morgan fingerprint density at radius 3 is 1.58 bits per heavy atom. The summed E-state index contributed by atoms with van der Waals surface area (Å²) in [7, 11) is 6.05. The molecule has 0 amide bonds. The van der Waals surface area contributed by atoms with Crippen molar-refractivity contribution in [3.8, 4) is 0 Å². The monoisotopic (exact) mass is 280 g/mol. The summed E-state index contributed by atoms with van der Waals surface area (Å²) >= 11 is 0. The van der Waals surface area contributed by atoms with Crippen LogP contribution in [0.3, 0.4) is 0 Å². The highest BCUT2D eigenvalue weighted by molar-refractivity contribution is 6.89. The van der Waals surface area contributed by atoms with Crippen molar-refractivity contribution >= 4 is 13.6 Å². The van der Waals surface area contributed by atoms with E-state index in [0.29, 0.717) is 0 Å². The molecule has 1 aromatic carbocycles. The second-order valence-corrected chi connectivity index (χ2v) is 10.4. The number of hydrogen-bond donors (Lipinski definition) is 2. The molecule has 108 valence electrons. The Morgan fingerprint density at radius 2 is 1.26 bits per heavy atom. The predicted molar refractivity (Wildman–Crippen MR) is 85.2 cm³/mol. The molecule has 5 heteroatoms. The van der Waals surface area contributed by atoms with Crippen LogP contribution in [0, 0.1) is 0 Å². The van der Waals surface area contributed by atoms with Gasteiger partial charge in [0.15, 0.2) is 0 Å².